The fourth-order valence-corrected chi connectivity index (χ4v) is 5.55. The molecule has 39 heavy (non-hydrogen) atoms. The molecule has 0 bridgehead atoms. The third-order valence-corrected chi connectivity index (χ3v) is 6.86. The number of Topliss-reactive ketones (excluding diaryl/α,β-unsaturated/α-hetero) is 1. The number of ketones is 1. The second kappa shape index (κ2) is 18.1. The van der Waals surface area contributed by atoms with Gasteiger partial charge in [0.05, 0.1) is 6.61 Å². The van der Waals surface area contributed by atoms with E-state index < -0.39 is 18.3 Å². The molecule has 0 spiro atoms. The van der Waals surface area contributed by atoms with Crippen molar-refractivity contribution in [1.29, 1.82) is 0 Å². The van der Waals surface area contributed by atoms with Gasteiger partial charge in [-0.15, -0.1) is 0 Å². The average molecular weight is 559 g/mol. The highest BCUT2D eigenvalue weighted by Crippen LogP contribution is 2.28. The van der Waals surface area contributed by atoms with Crippen LogP contribution in [0.5, 0.6) is 0 Å². The molecule has 6 heteroatoms. The molecule has 0 heterocycles. The Hall–Kier alpha value is -0.530. The number of aliphatic hydroxyl groups is 2. The van der Waals surface area contributed by atoms with Gasteiger partial charge in [0.15, 0.2) is 5.78 Å². The third kappa shape index (κ3) is 21.8. The number of hydrogen-bond acceptors (Lipinski definition) is 6. The Labute approximate surface area is 242 Å². The van der Waals surface area contributed by atoms with Crippen LogP contribution in [0.25, 0.3) is 0 Å². The number of carbonyl (C=O) groups is 1. The number of ether oxygens (including phenoxy) is 3. The van der Waals surface area contributed by atoms with Crippen molar-refractivity contribution in [2.45, 2.75) is 140 Å². The van der Waals surface area contributed by atoms with Gasteiger partial charge in [0.1, 0.15) is 24.9 Å². The fraction of sp³-hybridized carbons (Fsp3) is 0.970. The Bertz CT molecular complexity index is 642. The highest BCUT2D eigenvalue weighted by molar-refractivity contribution is 5.85. The van der Waals surface area contributed by atoms with Crippen LogP contribution in [0.4, 0.5) is 0 Å². The molecule has 0 aromatic carbocycles. The van der Waals surface area contributed by atoms with Crippen molar-refractivity contribution in [1.82, 2.24) is 0 Å². The lowest BCUT2D eigenvalue weighted by atomic mass is 9.84. The topological polar surface area (TPSA) is 85.2 Å². The molecule has 0 aliphatic rings. The van der Waals surface area contributed by atoms with Crippen molar-refractivity contribution in [3.05, 3.63) is 0 Å². The van der Waals surface area contributed by atoms with Crippen molar-refractivity contribution in [2.75, 3.05) is 33.0 Å². The van der Waals surface area contributed by atoms with E-state index in [1.807, 2.05) is 0 Å². The first kappa shape index (κ1) is 38.5. The van der Waals surface area contributed by atoms with Crippen LogP contribution in [-0.2, 0) is 19.0 Å². The van der Waals surface area contributed by atoms with E-state index in [-0.39, 0.29) is 35.2 Å². The van der Waals surface area contributed by atoms with Gasteiger partial charge in [-0.05, 0) is 72.5 Å². The summed E-state index contributed by atoms with van der Waals surface area (Å²) >= 11 is 0. The second-order valence-electron chi connectivity index (χ2n) is 15.9. The monoisotopic (exact) mass is 558 g/mol. The molecule has 234 valence electrons. The van der Waals surface area contributed by atoms with Gasteiger partial charge in [-0.3, -0.25) is 4.79 Å². The molecular formula is C33H66O6. The van der Waals surface area contributed by atoms with Gasteiger partial charge in [0.2, 0.25) is 0 Å². The summed E-state index contributed by atoms with van der Waals surface area (Å²) in [7, 11) is 0. The lowest BCUT2D eigenvalue weighted by Crippen LogP contribution is -2.47. The van der Waals surface area contributed by atoms with E-state index in [1.165, 1.54) is 0 Å². The van der Waals surface area contributed by atoms with E-state index in [1.54, 1.807) is 0 Å². The van der Waals surface area contributed by atoms with E-state index in [4.69, 9.17) is 14.2 Å². The third-order valence-electron chi connectivity index (χ3n) is 6.86. The summed E-state index contributed by atoms with van der Waals surface area (Å²) in [5, 5.41) is 21.6. The SMILES string of the molecule is CC(CCOCC(=O)[C@H](OCCC(C)CC(C)(C)C)[C@@H](O)[C@H](O)COCCC(C)CC(C)(C)C)CC(C)(C)C. The molecular weight excluding hydrogens is 492 g/mol. The maximum Gasteiger partial charge on any atom is 0.189 e. The van der Waals surface area contributed by atoms with Gasteiger partial charge in [0, 0.05) is 19.8 Å². The normalized spacial score (nSPS) is 17.9. The number of hydrogen-bond donors (Lipinski definition) is 2. The van der Waals surface area contributed by atoms with Crippen molar-refractivity contribution in [2.24, 2.45) is 34.0 Å². The van der Waals surface area contributed by atoms with Crippen LogP contribution in [0.1, 0.15) is 122 Å². The maximum atomic E-state index is 13.1. The zero-order chi connectivity index (χ0) is 30.4. The summed E-state index contributed by atoms with van der Waals surface area (Å²) in [6, 6.07) is 0. The van der Waals surface area contributed by atoms with E-state index in [9.17, 15) is 15.0 Å². The average Bonchev–Trinajstić information content (AvgIpc) is 2.72. The zero-order valence-corrected chi connectivity index (χ0v) is 27.8. The summed E-state index contributed by atoms with van der Waals surface area (Å²) in [4.78, 5) is 13.1. The molecule has 2 N–H and O–H groups in total. The predicted octanol–water partition coefficient (Wildman–Crippen LogP) is 7.08. The van der Waals surface area contributed by atoms with Gasteiger partial charge in [0.25, 0.3) is 0 Å². The largest absolute Gasteiger partial charge is 0.388 e. The molecule has 6 atom stereocenters. The fourth-order valence-electron chi connectivity index (χ4n) is 5.55. The van der Waals surface area contributed by atoms with Crippen LogP contribution in [0.15, 0.2) is 0 Å². The highest BCUT2D eigenvalue weighted by atomic mass is 16.5. The summed E-state index contributed by atoms with van der Waals surface area (Å²) in [6.45, 7) is 27.7. The van der Waals surface area contributed by atoms with Crippen molar-refractivity contribution in [3.8, 4) is 0 Å². The van der Waals surface area contributed by atoms with E-state index >= 15 is 0 Å². The van der Waals surface area contributed by atoms with Crippen LogP contribution < -0.4 is 0 Å². The van der Waals surface area contributed by atoms with Crippen LogP contribution in [0.2, 0.25) is 0 Å². The first-order chi connectivity index (χ1) is 17.7. The van der Waals surface area contributed by atoms with E-state index in [0.717, 1.165) is 38.5 Å². The molecule has 3 unspecified atom stereocenters. The van der Waals surface area contributed by atoms with Crippen LogP contribution >= 0.6 is 0 Å². The molecule has 0 fully saturated rings. The summed E-state index contributed by atoms with van der Waals surface area (Å²) < 4.78 is 17.3. The smallest absolute Gasteiger partial charge is 0.189 e. The first-order valence-corrected chi connectivity index (χ1v) is 15.4. The van der Waals surface area contributed by atoms with E-state index in [2.05, 4.69) is 83.1 Å². The summed E-state index contributed by atoms with van der Waals surface area (Å²) in [5.74, 6) is 1.07. The number of aliphatic hydroxyl groups excluding tert-OH is 2. The molecule has 0 rings (SSSR count). The van der Waals surface area contributed by atoms with Crippen molar-refractivity contribution in [3.63, 3.8) is 0 Å². The molecule has 0 aliphatic carbocycles. The summed E-state index contributed by atoms with van der Waals surface area (Å²) in [6.07, 6.45) is 2.02. The molecule has 0 aliphatic heterocycles. The minimum atomic E-state index is -1.37. The summed E-state index contributed by atoms with van der Waals surface area (Å²) in [5.41, 5.74) is 0.729. The first-order valence-electron chi connectivity index (χ1n) is 15.4. The standard InChI is InChI=1S/C33H66O6/c1-24(19-31(4,5)6)13-16-37-22-27(34)29(36)30(39-18-15-26(3)21-33(10,11)12)28(35)23-38-17-14-25(2)20-32(7,8)9/h24-27,29-30,34,36H,13-23H2,1-12H3/t24?,25?,26?,27-,29+,30+/m1/s1. The minimum absolute atomic E-state index is 0.0395. The van der Waals surface area contributed by atoms with Gasteiger partial charge in [-0.25, -0.2) is 0 Å². The lowest BCUT2D eigenvalue weighted by molar-refractivity contribution is -0.154. The number of carbonyl (C=O) groups excluding carboxylic acids is 1. The van der Waals surface area contributed by atoms with Crippen LogP contribution in [0, 0.1) is 34.0 Å². The molecule has 0 aromatic rings. The lowest BCUT2D eigenvalue weighted by Gasteiger charge is -2.28. The van der Waals surface area contributed by atoms with Gasteiger partial charge in [-0.1, -0.05) is 83.1 Å². The molecule has 0 saturated heterocycles. The van der Waals surface area contributed by atoms with Gasteiger partial charge >= 0.3 is 0 Å². The zero-order valence-electron chi connectivity index (χ0n) is 27.8. The van der Waals surface area contributed by atoms with Crippen LogP contribution in [0.3, 0.4) is 0 Å². The molecule has 0 aromatic heterocycles. The Morgan fingerprint density at radius 3 is 1.44 bits per heavy atom. The van der Waals surface area contributed by atoms with Gasteiger partial charge in [-0.2, -0.15) is 0 Å². The van der Waals surface area contributed by atoms with Gasteiger partial charge < -0.3 is 24.4 Å². The maximum absolute atomic E-state index is 13.1. The Morgan fingerprint density at radius 2 is 1.03 bits per heavy atom. The molecule has 0 radical (unpaired) electrons. The molecule has 0 saturated carbocycles. The van der Waals surface area contributed by atoms with Crippen molar-refractivity contribution < 1.29 is 29.2 Å². The second-order valence-corrected chi connectivity index (χ2v) is 15.9. The Kier molecular flexibility index (Phi) is 17.9. The van der Waals surface area contributed by atoms with E-state index in [0.29, 0.717) is 37.6 Å². The van der Waals surface area contributed by atoms with Crippen molar-refractivity contribution >= 4 is 5.78 Å². The Balaban J connectivity index is 4.91. The molecule has 6 nitrogen and oxygen atoms in total. The molecule has 0 amide bonds. The minimum Gasteiger partial charge on any atom is -0.388 e. The number of rotatable bonds is 20. The quantitative estimate of drug-likeness (QED) is 0.155. The Morgan fingerprint density at radius 1 is 0.641 bits per heavy atom. The highest BCUT2D eigenvalue weighted by Gasteiger charge is 2.33. The predicted molar refractivity (Wildman–Crippen MR) is 162 cm³/mol. The van der Waals surface area contributed by atoms with Crippen LogP contribution in [-0.4, -0.2) is 67.3 Å².